The van der Waals surface area contributed by atoms with Crippen LogP contribution in [-0.2, 0) is 27.3 Å². The molecule has 0 spiro atoms. The summed E-state index contributed by atoms with van der Waals surface area (Å²) in [6.07, 6.45) is 0.852. The highest BCUT2D eigenvalue weighted by Gasteiger charge is 2.36. The zero-order valence-electron chi connectivity index (χ0n) is 19.6. The molecule has 0 saturated heterocycles. The average molecular weight is 436 g/mol. The molecule has 0 fully saturated rings. The molecule has 0 saturated carbocycles. The molecule has 2 aromatic rings. The van der Waals surface area contributed by atoms with Gasteiger partial charge >= 0.3 is 0 Å². The smallest absolute Gasteiger partial charge is 0.245 e. The Labute approximate surface area is 190 Å². The van der Waals surface area contributed by atoms with Crippen molar-refractivity contribution in [3.05, 3.63) is 64.7 Å². The summed E-state index contributed by atoms with van der Waals surface area (Å²) in [6.45, 7) is 8.28. The first kappa shape index (κ1) is 23.5. The van der Waals surface area contributed by atoms with E-state index in [2.05, 4.69) is 5.32 Å². The van der Waals surface area contributed by atoms with E-state index in [1.165, 1.54) is 4.90 Å². The summed E-state index contributed by atoms with van der Waals surface area (Å²) in [5.41, 5.74) is 4.99. The monoisotopic (exact) mass is 435 g/mol. The number of hydrogen-bond donors (Lipinski definition) is 1. The lowest BCUT2D eigenvalue weighted by Gasteiger charge is -2.38. The number of anilines is 1. The van der Waals surface area contributed by atoms with Crippen LogP contribution in [0.4, 0.5) is 5.69 Å². The van der Waals surface area contributed by atoms with Crippen LogP contribution in [0.25, 0.3) is 0 Å². The lowest BCUT2D eigenvalue weighted by atomic mass is 9.92. The van der Waals surface area contributed by atoms with Crippen molar-refractivity contribution in [3.63, 3.8) is 0 Å². The van der Waals surface area contributed by atoms with Gasteiger partial charge in [0.25, 0.3) is 0 Å². The molecule has 1 aliphatic rings. The molecule has 3 amide bonds. The Bertz CT molecular complexity index is 1020. The highest BCUT2D eigenvalue weighted by atomic mass is 16.2. The van der Waals surface area contributed by atoms with Crippen molar-refractivity contribution in [2.75, 3.05) is 18.9 Å². The molecule has 32 heavy (non-hydrogen) atoms. The fourth-order valence-electron chi connectivity index (χ4n) is 4.10. The van der Waals surface area contributed by atoms with Crippen molar-refractivity contribution in [2.45, 2.75) is 53.1 Å². The van der Waals surface area contributed by atoms with E-state index in [-0.39, 0.29) is 30.2 Å². The lowest BCUT2D eigenvalue weighted by Crippen LogP contribution is -2.54. The van der Waals surface area contributed by atoms with E-state index in [9.17, 15) is 14.4 Å². The molecule has 1 N–H and O–H groups in total. The summed E-state index contributed by atoms with van der Waals surface area (Å²) < 4.78 is 0. The Morgan fingerprint density at radius 2 is 1.75 bits per heavy atom. The molecule has 0 aliphatic carbocycles. The van der Waals surface area contributed by atoms with E-state index in [1.54, 1.807) is 11.9 Å². The van der Waals surface area contributed by atoms with Crippen LogP contribution < -0.4 is 5.32 Å². The highest BCUT2D eigenvalue weighted by molar-refractivity contribution is 5.96. The Kier molecular flexibility index (Phi) is 7.33. The molecule has 6 nitrogen and oxygen atoms in total. The van der Waals surface area contributed by atoms with Crippen LogP contribution in [0.2, 0.25) is 0 Å². The third kappa shape index (κ3) is 5.36. The number of likely N-dealkylation sites (N-methyl/N-ethyl adjacent to an activating group) is 1. The maximum absolute atomic E-state index is 13.4. The van der Waals surface area contributed by atoms with Crippen LogP contribution in [0.1, 0.15) is 42.5 Å². The van der Waals surface area contributed by atoms with E-state index in [0.29, 0.717) is 19.4 Å². The summed E-state index contributed by atoms with van der Waals surface area (Å²) in [7, 11) is 1.62. The summed E-state index contributed by atoms with van der Waals surface area (Å²) in [5.74, 6) is -0.295. The summed E-state index contributed by atoms with van der Waals surface area (Å²) in [5, 5.41) is 2.90. The van der Waals surface area contributed by atoms with E-state index in [4.69, 9.17) is 0 Å². The molecular formula is C26H33N3O3. The van der Waals surface area contributed by atoms with Crippen LogP contribution in [0.3, 0.4) is 0 Å². The van der Waals surface area contributed by atoms with Gasteiger partial charge in [-0.1, -0.05) is 50.2 Å². The van der Waals surface area contributed by atoms with Crippen molar-refractivity contribution >= 4 is 23.4 Å². The second-order valence-electron chi connectivity index (χ2n) is 9.10. The van der Waals surface area contributed by atoms with Gasteiger partial charge in [0.15, 0.2) is 0 Å². The van der Waals surface area contributed by atoms with Gasteiger partial charge in [0.05, 0.1) is 6.54 Å². The largest absolute Gasteiger partial charge is 0.335 e. The van der Waals surface area contributed by atoms with Crippen LogP contribution in [-0.4, -0.2) is 47.2 Å². The first-order valence-corrected chi connectivity index (χ1v) is 11.1. The number of nitrogens with zero attached hydrogens (tertiary/aromatic N) is 2. The Hall–Kier alpha value is -3.15. The maximum atomic E-state index is 13.4. The molecule has 3 rings (SSSR count). The lowest BCUT2D eigenvalue weighted by molar-refractivity contribution is -0.147. The second kappa shape index (κ2) is 9.98. The average Bonchev–Trinajstić information content (AvgIpc) is 2.75. The topological polar surface area (TPSA) is 69.7 Å². The zero-order valence-corrected chi connectivity index (χ0v) is 19.6. The van der Waals surface area contributed by atoms with Crippen molar-refractivity contribution in [1.82, 2.24) is 9.80 Å². The SMILES string of the molecule is Cc1cccc(NC(=O)CN(C)C(=O)C2Cc3ccccc3CN2C(=O)CC(C)C)c1C. The number of fused-ring (bicyclic) bond motifs is 1. The first-order valence-electron chi connectivity index (χ1n) is 11.1. The summed E-state index contributed by atoms with van der Waals surface area (Å²) >= 11 is 0. The zero-order chi connectivity index (χ0) is 23.4. The molecule has 0 aromatic heterocycles. The molecule has 0 bridgehead atoms. The second-order valence-corrected chi connectivity index (χ2v) is 9.10. The molecule has 2 aromatic carbocycles. The van der Waals surface area contributed by atoms with Crippen LogP contribution in [0, 0.1) is 19.8 Å². The van der Waals surface area contributed by atoms with Crippen LogP contribution in [0.15, 0.2) is 42.5 Å². The van der Waals surface area contributed by atoms with Gasteiger partial charge < -0.3 is 15.1 Å². The Morgan fingerprint density at radius 1 is 1.06 bits per heavy atom. The van der Waals surface area contributed by atoms with E-state index in [1.807, 2.05) is 70.2 Å². The minimum absolute atomic E-state index is 0.0268. The number of rotatable bonds is 6. The predicted octanol–water partition coefficient (Wildman–Crippen LogP) is 3.70. The molecule has 170 valence electrons. The normalized spacial score (nSPS) is 15.3. The number of hydrogen-bond acceptors (Lipinski definition) is 3. The van der Waals surface area contributed by atoms with Crippen molar-refractivity contribution < 1.29 is 14.4 Å². The third-order valence-corrected chi connectivity index (χ3v) is 6.07. The minimum atomic E-state index is -0.602. The standard InChI is InChI=1S/C26H33N3O3/c1-17(2)13-25(31)29-15-21-11-7-6-10-20(21)14-23(29)26(32)28(5)16-24(30)27-22-12-8-9-18(3)19(22)4/h6-12,17,23H,13-16H2,1-5H3,(H,27,30). The van der Waals surface area contributed by atoms with E-state index < -0.39 is 6.04 Å². The summed E-state index contributed by atoms with van der Waals surface area (Å²) in [4.78, 5) is 42.1. The van der Waals surface area contributed by atoms with Gasteiger partial charge in [0, 0.05) is 32.1 Å². The van der Waals surface area contributed by atoms with Gasteiger partial charge in [-0.2, -0.15) is 0 Å². The Morgan fingerprint density at radius 3 is 2.44 bits per heavy atom. The predicted molar refractivity (Wildman–Crippen MR) is 126 cm³/mol. The quantitative estimate of drug-likeness (QED) is 0.752. The van der Waals surface area contributed by atoms with Gasteiger partial charge in [-0.25, -0.2) is 0 Å². The number of carbonyl (C=O) groups is 3. The third-order valence-electron chi connectivity index (χ3n) is 6.07. The Balaban J connectivity index is 1.74. The van der Waals surface area contributed by atoms with Crippen LogP contribution in [0.5, 0.6) is 0 Å². The van der Waals surface area contributed by atoms with Gasteiger partial charge in [0.1, 0.15) is 6.04 Å². The number of benzene rings is 2. The van der Waals surface area contributed by atoms with E-state index in [0.717, 1.165) is 27.9 Å². The first-order chi connectivity index (χ1) is 15.2. The number of aryl methyl sites for hydroxylation is 1. The maximum Gasteiger partial charge on any atom is 0.245 e. The molecule has 6 heteroatoms. The van der Waals surface area contributed by atoms with Crippen molar-refractivity contribution in [1.29, 1.82) is 0 Å². The molecule has 1 heterocycles. The fraction of sp³-hybridized carbons (Fsp3) is 0.423. The fourth-order valence-corrected chi connectivity index (χ4v) is 4.10. The van der Waals surface area contributed by atoms with Crippen molar-refractivity contribution in [3.8, 4) is 0 Å². The van der Waals surface area contributed by atoms with E-state index >= 15 is 0 Å². The number of amides is 3. The van der Waals surface area contributed by atoms with Crippen molar-refractivity contribution in [2.24, 2.45) is 5.92 Å². The molecule has 1 atom stereocenters. The summed E-state index contributed by atoms with van der Waals surface area (Å²) in [6, 6.07) is 13.1. The highest BCUT2D eigenvalue weighted by Crippen LogP contribution is 2.26. The van der Waals surface area contributed by atoms with Gasteiger partial charge in [0.2, 0.25) is 17.7 Å². The van der Waals surface area contributed by atoms with Crippen LogP contribution >= 0.6 is 0 Å². The molecule has 1 aliphatic heterocycles. The molecule has 1 unspecified atom stereocenters. The van der Waals surface area contributed by atoms with Gasteiger partial charge in [-0.15, -0.1) is 0 Å². The number of nitrogens with one attached hydrogen (secondary N) is 1. The van der Waals surface area contributed by atoms with Gasteiger partial charge in [-0.3, -0.25) is 14.4 Å². The number of carbonyl (C=O) groups excluding carboxylic acids is 3. The van der Waals surface area contributed by atoms with Gasteiger partial charge in [-0.05, 0) is 48.1 Å². The molecular weight excluding hydrogens is 402 g/mol. The molecule has 0 radical (unpaired) electrons. The minimum Gasteiger partial charge on any atom is -0.335 e.